The molecule has 3 N–H and O–H groups in total. The zero-order valence-electron chi connectivity index (χ0n) is 20.9. The molecule has 2 aromatic rings. The largest absolute Gasteiger partial charge is 0.507 e. The van der Waals surface area contributed by atoms with Crippen LogP contribution in [0.5, 0.6) is 17.2 Å². The molecule has 0 unspecified atom stereocenters. The lowest BCUT2D eigenvalue weighted by atomic mass is 9.48. The molecular weight excluding hydrogens is 456 g/mol. The van der Waals surface area contributed by atoms with E-state index < -0.39 is 17.5 Å². The zero-order chi connectivity index (χ0) is 25.8. The number of fused-ring (bicyclic) bond motifs is 3. The number of rotatable bonds is 3. The van der Waals surface area contributed by atoms with Crippen molar-refractivity contribution >= 4 is 12.6 Å². The second-order valence-electron chi connectivity index (χ2n) is 11.5. The Hall–Kier alpha value is -3.12. The second-order valence-corrected chi connectivity index (χ2v) is 11.5. The van der Waals surface area contributed by atoms with Crippen molar-refractivity contribution in [1.82, 2.24) is 0 Å². The average molecular weight is 491 g/mol. The molecule has 36 heavy (non-hydrogen) atoms. The van der Waals surface area contributed by atoms with Crippen molar-refractivity contribution in [3.63, 3.8) is 0 Å². The zero-order valence-corrected chi connectivity index (χ0v) is 20.9. The summed E-state index contributed by atoms with van der Waals surface area (Å²) in [4.78, 5) is 24.0. The van der Waals surface area contributed by atoms with E-state index in [9.17, 15) is 24.9 Å². The van der Waals surface area contributed by atoms with Gasteiger partial charge in [0.05, 0.1) is 17.2 Å². The highest BCUT2D eigenvalue weighted by Gasteiger charge is 2.60. The van der Waals surface area contributed by atoms with E-state index in [-0.39, 0.29) is 39.9 Å². The summed E-state index contributed by atoms with van der Waals surface area (Å²) in [5.74, 6) is -0.649. The van der Waals surface area contributed by atoms with Gasteiger partial charge in [0.1, 0.15) is 22.8 Å². The number of phenols is 2. The Morgan fingerprint density at radius 1 is 0.972 bits per heavy atom. The lowest BCUT2D eigenvalue weighted by Gasteiger charge is -2.60. The van der Waals surface area contributed by atoms with E-state index >= 15 is 0 Å². The highest BCUT2D eigenvalue weighted by molar-refractivity contribution is 5.95. The smallest absolute Gasteiger partial charge is 0.157 e. The van der Waals surface area contributed by atoms with E-state index in [1.165, 1.54) is 0 Å². The predicted octanol–water partition coefficient (Wildman–Crippen LogP) is 5.53. The Bertz CT molecular complexity index is 1220. The van der Waals surface area contributed by atoms with E-state index in [1.54, 1.807) is 0 Å². The number of aldehydes is 2. The van der Waals surface area contributed by atoms with Crippen LogP contribution in [0.15, 0.2) is 42.5 Å². The number of carbonyl (C=O) groups is 2. The summed E-state index contributed by atoms with van der Waals surface area (Å²) in [5.41, 5.74) is 1.07. The summed E-state index contributed by atoms with van der Waals surface area (Å²) in [7, 11) is 0. The number of benzene rings is 2. The van der Waals surface area contributed by atoms with Crippen LogP contribution in [0.3, 0.4) is 0 Å². The molecule has 2 aromatic carbocycles. The number of aromatic hydroxyl groups is 2. The standard InChI is InChI=1S/C30H34O6/c1-17-9-10-22-23(14-29(22,2)3)30(12-11-24(17)33)13-19(18-7-5-4-6-8-18)25-27(35)20(15-31)26(34)21(16-32)28(25)36-30/h4-8,15-16,19,22-24,33-35H,1,9-14H2,2-3H3/t19-,22-,23+,24-,30-/m1/s1. The van der Waals surface area contributed by atoms with E-state index in [0.29, 0.717) is 43.3 Å². The topological polar surface area (TPSA) is 104 Å². The number of phenolic OH excluding ortho intramolecular Hbond substituents is 2. The predicted molar refractivity (Wildman–Crippen MR) is 136 cm³/mol. The van der Waals surface area contributed by atoms with E-state index in [2.05, 4.69) is 20.4 Å². The third kappa shape index (κ3) is 3.65. The van der Waals surface area contributed by atoms with Gasteiger partial charge in [0, 0.05) is 17.4 Å². The fourth-order valence-corrected chi connectivity index (χ4v) is 7.13. The average Bonchev–Trinajstić information content (AvgIpc) is 2.89. The van der Waals surface area contributed by atoms with Gasteiger partial charge in [0.15, 0.2) is 12.6 Å². The molecule has 0 amide bonds. The Labute approximate surface area is 211 Å². The molecule has 6 heteroatoms. The number of ether oxygens (including phenoxy) is 1. The molecule has 0 bridgehead atoms. The molecule has 5 atom stereocenters. The SMILES string of the molecule is C=C1CC[C@@H]2[C@H](CC2(C)C)[C@@]2(CC[C@H]1O)C[C@H](c1ccccc1)c1c(O)c(C=O)c(O)c(C=O)c1O2. The lowest BCUT2D eigenvalue weighted by molar-refractivity contribution is -0.148. The van der Waals surface area contributed by atoms with E-state index in [4.69, 9.17) is 4.74 Å². The third-order valence-electron chi connectivity index (χ3n) is 9.15. The maximum absolute atomic E-state index is 12.2. The first-order chi connectivity index (χ1) is 17.1. The number of hydrogen-bond donors (Lipinski definition) is 3. The van der Waals surface area contributed by atoms with Gasteiger partial charge in [0.2, 0.25) is 0 Å². The summed E-state index contributed by atoms with van der Waals surface area (Å²) in [5, 5.41) is 32.8. The van der Waals surface area contributed by atoms with E-state index in [1.807, 2.05) is 30.3 Å². The van der Waals surface area contributed by atoms with Gasteiger partial charge < -0.3 is 20.1 Å². The Balaban J connectivity index is 1.74. The van der Waals surface area contributed by atoms with Crippen molar-refractivity contribution in [2.24, 2.45) is 17.3 Å². The first-order valence-corrected chi connectivity index (χ1v) is 12.8. The van der Waals surface area contributed by atoms with Crippen LogP contribution in [0.25, 0.3) is 0 Å². The quantitative estimate of drug-likeness (QED) is 0.386. The summed E-state index contributed by atoms with van der Waals surface area (Å²) in [6.45, 7) is 8.65. The van der Waals surface area contributed by atoms with Crippen LogP contribution in [-0.2, 0) is 0 Å². The molecule has 0 radical (unpaired) electrons. The highest BCUT2D eigenvalue weighted by Crippen LogP contribution is 2.64. The Kier molecular flexibility index (Phi) is 5.98. The van der Waals surface area contributed by atoms with Gasteiger partial charge in [-0.3, -0.25) is 9.59 Å². The Morgan fingerprint density at radius 2 is 1.67 bits per heavy atom. The normalized spacial score (nSPS) is 31.0. The van der Waals surface area contributed by atoms with Crippen molar-refractivity contribution in [1.29, 1.82) is 0 Å². The lowest BCUT2D eigenvalue weighted by Crippen LogP contribution is -2.59. The van der Waals surface area contributed by atoms with Crippen molar-refractivity contribution in [2.75, 3.05) is 0 Å². The molecule has 1 spiro atoms. The minimum Gasteiger partial charge on any atom is -0.507 e. The number of carbonyl (C=O) groups excluding carboxylic acids is 2. The first kappa shape index (κ1) is 24.6. The molecule has 1 aliphatic heterocycles. The molecule has 0 aromatic heterocycles. The minimum atomic E-state index is -0.724. The highest BCUT2D eigenvalue weighted by atomic mass is 16.5. The van der Waals surface area contributed by atoms with Crippen LogP contribution in [0.1, 0.15) is 90.1 Å². The molecule has 2 fully saturated rings. The molecule has 2 saturated carbocycles. The summed E-state index contributed by atoms with van der Waals surface area (Å²) < 4.78 is 6.79. The van der Waals surface area contributed by atoms with E-state index in [0.717, 1.165) is 30.4 Å². The van der Waals surface area contributed by atoms with Crippen LogP contribution in [0.4, 0.5) is 0 Å². The molecule has 5 rings (SSSR count). The summed E-state index contributed by atoms with van der Waals surface area (Å²) in [6, 6.07) is 9.68. The third-order valence-corrected chi connectivity index (χ3v) is 9.15. The van der Waals surface area contributed by atoms with Crippen LogP contribution < -0.4 is 4.74 Å². The maximum atomic E-state index is 12.2. The van der Waals surface area contributed by atoms with Gasteiger partial charge in [-0.2, -0.15) is 0 Å². The van der Waals surface area contributed by atoms with Crippen LogP contribution in [-0.4, -0.2) is 39.6 Å². The molecule has 0 saturated heterocycles. The Morgan fingerprint density at radius 3 is 2.31 bits per heavy atom. The first-order valence-electron chi connectivity index (χ1n) is 12.8. The van der Waals surface area contributed by atoms with Crippen LogP contribution in [0, 0.1) is 17.3 Å². The number of hydrogen-bond acceptors (Lipinski definition) is 6. The van der Waals surface area contributed by atoms with Gasteiger partial charge in [-0.15, -0.1) is 0 Å². The van der Waals surface area contributed by atoms with Gasteiger partial charge in [-0.05, 0) is 61.0 Å². The molecule has 2 aliphatic carbocycles. The maximum Gasteiger partial charge on any atom is 0.157 e. The number of aliphatic hydroxyl groups excluding tert-OH is 1. The van der Waals surface area contributed by atoms with Crippen molar-refractivity contribution < 1.29 is 29.6 Å². The minimum absolute atomic E-state index is 0.0955. The van der Waals surface area contributed by atoms with Crippen molar-refractivity contribution in [3.05, 3.63) is 64.7 Å². The fourth-order valence-electron chi connectivity index (χ4n) is 7.13. The van der Waals surface area contributed by atoms with Crippen molar-refractivity contribution in [3.8, 4) is 17.2 Å². The molecule has 190 valence electrons. The second kappa shape index (κ2) is 8.77. The van der Waals surface area contributed by atoms with Gasteiger partial charge in [-0.25, -0.2) is 0 Å². The summed E-state index contributed by atoms with van der Waals surface area (Å²) >= 11 is 0. The molecular formula is C30H34O6. The van der Waals surface area contributed by atoms with Gasteiger partial charge in [-0.1, -0.05) is 50.8 Å². The summed E-state index contributed by atoms with van der Waals surface area (Å²) in [6.07, 6.45) is 4.34. The van der Waals surface area contributed by atoms with Crippen molar-refractivity contribution in [2.45, 2.75) is 70.0 Å². The molecule has 3 aliphatic rings. The monoisotopic (exact) mass is 490 g/mol. The van der Waals surface area contributed by atoms with Crippen LogP contribution >= 0.6 is 0 Å². The van der Waals surface area contributed by atoms with Gasteiger partial charge >= 0.3 is 0 Å². The van der Waals surface area contributed by atoms with Gasteiger partial charge in [0.25, 0.3) is 0 Å². The number of aliphatic hydroxyl groups is 1. The van der Waals surface area contributed by atoms with Crippen LogP contribution in [0.2, 0.25) is 0 Å². The molecule has 1 heterocycles. The fraction of sp³-hybridized carbons (Fsp3) is 0.467. The molecule has 6 nitrogen and oxygen atoms in total.